The van der Waals surface area contributed by atoms with E-state index in [1.54, 1.807) is 18.1 Å². The van der Waals surface area contributed by atoms with Crippen LogP contribution >= 0.6 is 0 Å². The Hall–Kier alpha value is -0.843. The molecule has 1 aromatic rings. The molecule has 0 unspecified atom stereocenters. The molecule has 0 aromatic heterocycles. The first-order valence-electron chi connectivity index (χ1n) is 13.2. The standard InChI is InChI=1S/C27H42F4Si/c1-2-3-6-17-32-18-15-22(16-19-32)8-5-4-7-21-9-11-23(12-10-21)24-13-14-25(26(28)20-24)27(29,30)31/h13-14,20-23,32H,2-12,15-19H2,1H3/t21-,22-,23-,32-. The van der Waals surface area contributed by atoms with Gasteiger partial charge in [0, 0.05) is 8.80 Å². The summed E-state index contributed by atoms with van der Waals surface area (Å²) in [5, 5.41) is 0. The minimum Gasteiger partial charge on any atom is -0.206 e. The van der Waals surface area contributed by atoms with Gasteiger partial charge >= 0.3 is 6.18 Å². The molecule has 0 radical (unpaired) electrons. The van der Waals surface area contributed by atoms with E-state index < -0.39 is 17.6 Å². The second-order valence-electron chi connectivity index (χ2n) is 10.6. The lowest BCUT2D eigenvalue weighted by Crippen LogP contribution is -2.21. The van der Waals surface area contributed by atoms with E-state index in [9.17, 15) is 17.6 Å². The lowest BCUT2D eigenvalue weighted by molar-refractivity contribution is -0.140. The predicted molar refractivity (Wildman–Crippen MR) is 128 cm³/mol. The Morgan fingerprint density at radius 2 is 1.47 bits per heavy atom. The number of hydrogen-bond donors (Lipinski definition) is 0. The molecule has 1 aromatic carbocycles. The highest BCUT2D eigenvalue weighted by Crippen LogP contribution is 2.40. The molecule has 0 N–H and O–H groups in total. The summed E-state index contributed by atoms with van der Waals surface area (Å²) < 4.78 is 52.2. The molecule has 0 bridgehead atoms. The van der Waals surface area contributed by atoms with Gasteiger partial charge in [-0.25, -0.2) is 4.39 Å². The summed E-state index contributed by atoms with van der Waals surface area (Å²) in [6.45, 7) is 2.30. The first-order chi connectivity index (χ1) is 15.4. The van der Waals surface area contributed by atoms with Gasteiger partial charge < -0.3 is 0 Å². The van der Waals surface area contributed by atoms with Gasteiger partial charge in [0.1, 0.15) is 5.82 Å². The van der Waals surface area contributed by atoms with Gasteiger partial charge in [-0.3, -0.25) is 0 Å². The minimum absolute atomic E-state index is 0.208. The van der Waals surface area contributed by atoms with Gasteiger partial charge in [-0.1, -0.05) is 88.9 Å². The molecule has 5 heteroatoms. The molecule has 0 amide bonds. The van der Waals surface area contributed by atoms with E-state index in [2.05, 4.69) is 6.92 Å². The van der Waals surface area contributed by atoms with Crippen LogP contribution < -0.4 is 0 Å². The monoisotopic (exact) mass is 470 g/mol. The van der Waals surface area contributed by atoms with E-state index in [0.29, 0.717) is 0 Å². The maximum absolute atomic E-state index is 13.9. The van der Waals surface area contributed by atoms with Crippen molar-refractivity contribution in [2.45, 2.75) is 121 Å². The molecule has 0 atom stereocenters. The SMILES string of the molecule is CCCCC[Si@H]1CC[C@H](CCCC[C@H]2CC[C@H](c3ccc(C(F)(F)F)c(F)c3)CC2)CC1. The van der Waals surface area contributed by atoms with Crippen molar-refractivity contribution in [3.8, 4) is 0 Å². The third-order valence-electron chi connectivity index (χ3n) is 8.27. The lowest BCUT2D eigenvalue weighted by atomic mass is 9.76. The molecular weight excluding hydrogens is 428 g/mol. The smallest absolute Gasteiger partial charge is 0.206 e. The molecule has 1 aliphatic carbocycles. The van der Waals surface area contributed by atoms with Crippen molar-refractivity contribution in [2.75, 3.05) is 0 Å². The summed E-state index contributed by atoms with van der Waals surface area (Å²) in [5.74, 6) is 0.803. The minimum atomic E-state index is -4.61. The van der Waals surface area contributed by atoms with Gasteiger partial charge in [0.25, 0.3) is 0 Å². The molecular formula is C27H42F4Si. The largest absolute Gasteiger partial charge is 0.419 e. The van der Waals surface area contributed by atoms with E-state index in [1.807, 2.05) is 0 Å². The topological polar surface area (TPSA) is 0 Å². The van der Waals surface area contributed by atoms with Crippen molar-refractivity contribution in [1.29, 1.82) is 0 Å². The lowest BCUT2D eigenvalue weighted by Gasteiger charge is -2.30. The molecule has 0 spiro atoms. The van der Waals surface area contributed by atoms with Gasteiger partial charge in [-0.2, -0.15) is 13.2 Å². The normalized spacial score (nSPS) is 26.9. The van der Waals surface area contributed by atoms with Crippen LogP contribution in [0.25, 0.3) is 0 Å². The van der Waals surface area contributed by atoms with Crippen LogP contribution in [0.3, 0.4) is 0 Å². The zero-order valence-electron chi connectivity index (χ0n) is 19.9. The second kappa shape index (κ2) is 12.6. The van der Waals surface area contributed by atoms with E-state index in [-0.39, 0.29) is 14.7 Å². The first-order valence-corrected chi connectivity index (χ1v) is 15.7. The Morgan fingerprint density at radius 1 is 0.844 bits per heavy atom. The summed E-state index contributed by atoms with van der Waals surface area (Å²) in [6, 6.07) is 8.28. The number of halogens is 4. The van der Waals surface area contributed by atoms with Gasteiger partial charge in [-0.05, 0) is 61.1 Å². The van der Waals surface area contributed by atoms with Gasteiger partial charge in [0.05, 0.1) is 5.56 Å². The van der Waals surface area contributed by atoms with E-state index in [4.69, 9.17) is 0 Å². The number of unbranched alkanes of at least 4 members (excludes halogenated alkanes) is 3. The molecule has 182 valence electrons. The molecule has 1 heterocycles. The van der Waals surface area contributed by atoms with Crippen molar-refractivity contribution in [2.24, 2.45) is 11.8 Å². The van der Waals surface area contributed by atoms with E-state index in [0.717, 1.165) is 55.2 Å². The van der Waals surface area contributed by atoms with Crippen molar-refractivity contribution in [1.82, 2.24) is 0 Å². The number of hydrogen-bond acceptors (Lipinski definition) is 0. The third-order valence-corrected chi connectivity index (χ3v) is 11.8. The highest BCUT2D eigenvalue weighted by Gasteiger charge is 2.34. The first kappa shape index (κ1) is 25.8. The van der Waals surface area contributed by atoms with E-state index >= 15 is 0 Å². The van der Waals surface area contributed by atoms with Crippen LogP contribution in [0, 0.1) is 17.7 Å². The Labute approximate surface area is 194 Å². The summed E-state index contributed by atoms with van der Waals surface area (Å²) in [7, 11) is -0.387. The maximum Gasteiger partial charge on any atom is 0.419 e. The van der Waals surface area contributed by atoms with Gasteiger partial charge in [0.2, 0.25) is 0 Å². The average molecular weight is 471 g/mol. The van der Waals surface area contributed by atoms with Crippen LogP contribution in [0.5, 0.6) is 0 Å². The Bertz CT molecular complexity index is 671. The fourth-order valence-corrected chi connectivity index (χ4v) is 9.78. The summed E-state index contributed by atoms with van der Waals surface area (Å²) >= 11 is 0. The summed E-state index contributed by atoms with van der Waals surface area (Å²) in [6.07, 6.45) is 12.2. The zero-order chi connectivity index (χ0) is 23.0. The second-order valence-corrected chi connectivity index (χ2v) is 14.1. The molecule has 3 rings (SSSR count). The van der Waals surface area contributed by atoms with Crippen LogP contribution in [-0.4, -0.2) is 8.80 Å². The maximum atomic E-state index is 13.9. The van der Waals surface area contributed by atoms with Crippen molar-refractivity contribution in [3.63, 3.8) is 0 Å². The Kier molecular flexibility index (Phi) is 10.1. The summed E-state index contributed by atoms with van der Waals surface area (Å²) in [4.78, 5) is 0. The number of benzene rings is 1. The molecule has 1 saturated heterocycles. The third kappa shape index (κ3) is 7.88. The van der Waals surface area contributed by atoms with Crippen LogP contribution in [0.4, 0.5) is 17.6 Å². The molecule has 1 aliphatic heterocycles. The predicted octanol–water partition coefficient (Wildman–Crippen LogP) is 9.51. The average Bonchev–Trinajstić information content (AvgIpc) is 2.77. The highest BCUT2D eigenvalue weighted by molar-refractivity contribution is 6.58. The molecule has 32 heavy (non-hydrogen) atoms. The number of alkyl halides is 3. The molecule has 0 nitrogen and oxygen atoms in total. The zero-order valence-corrected chi connectivity index (χ0v) is 21.0. The molecule has 2 fully saturated rings. The van der Waals surface area contributed by atoms with Crippen molar-refractivity contribution in [3.05, 3.63) is 35.1 Å². The Morgan fingerprint density at radius 3 is 2.03 bits per heavy atom. The fraction of sp³-hybridized carbons (Fsp3) is 0.778. The quantitative estimate of drug-likeness (QED) is 0.181. The van der Waals surface area contributed by atoms with Gasteiger partial charge in [0.15, 0.2) is 0 Å². The molecule has 2 aliphatic rings. The van der Waals surface area contributed by atoms with Gasteiger partial charge in [-0.15, -0.1) is 0 Å². The van der Waals surface area contributed by atoms with Crippen LogP contribution in [-0.2, 0) is 6.18 Å². The van der Waals surface area contributed by atoms with Crippen LogP contribution in [0.1, 0.15) is 107 Å². The van der Waals surface area contributed by atoms with Crippen LogP contribution in [0.15, 0.2) is 18.2 Å². The van der Waals surface area contributed by atoms with Crippen LogP contribution in [0.2, 0.25) is 18.1 Å². The van der Waals surface area contributed by atoms with Crippen molar-refractivity contribution < 1.29 is 17.6 Å². The van der Waals surface area contributed by atoms with Crippen molar-refractivity contribution >= 4 is 8.80 Å². The Balaban J connectivity index is 1.29. The molecule has 1 saturated carbocycles. The van der Waals surface area contributed by atoms with E-state index in [1.165, 1.54) is 63.9 Å². The highest BCUT2D eigenvalue weighted by atomic mass is 28.3. The summed E-state index contributed by atoms with van der Waals surface area (Å²) in [5.41, 5.74) is -0.412. The number of rotatable bonds is 10. The fourth-order valence-electron chi connectivity index (χ4n) is 6.16.